The molecule has 9 heteroatoms. The first kappa shape index (κ1) is 18.9. The minimum absolute atomic E-state index is 0.282. The van der Waals surface area contributed by atoms with Gasteiger partial charge < -0.3 is 9.47 Å². The molecule has 0 radical (unpaired) electrons. The Balaban J connectivity index is 2.30. The average molecular weight is 389 g/mol. The van der Waals surface area contributed by atoms with E-state index in [9.17, 15) is 13.2 Å². The van der Waals surface area contributed by atoms with Gasteiger partial charge in [-0.05, 0) is 23.8 Å². The highest BCUT2D eigenvalue weighted by Gasteiger charge is 2.16. The zero-order valence-electron chi connectivity index (χ0n) is 15.1. The fourth-order valence-corrected chi connectivity index (χ4v) is 3.57. The van der Waals surface area contributed by atoms with Crippen LogP contribution >= 0.6 is 0 Å². The monoisotopic (exact) mass is 389 g/mol. The second-order valence-corrected chi connectivity index (χ2v) is 7.65. The van der Waals surface area contributed by atoms with Crippen LogP contribution in [0.4, 0.5) is 0 Å². The Labute approximate surface area is 156 Å². The topological polar surface area (TPSA) is 114 Å². The van der Waals surface area contributed by atoms with E-state index >= 15 is 0 Å². The Kier molecular flexibility index (Phi) is 4.90. The lowest BCUT2D eigenvalue weighted by Gasteiger charge is -2.13. The highest BCUT2D eigenvalue weighted by Crippen LogP contribution is 2.34. The van der Waals surface area contributed by atoms with Gasteiger partial charge in [-0.3, -0.25) is 4.79 Å². The Bertz CT molecular complexity index is 1190. The molecule has 0 spiro atoms. The molecule has 0 aliphatic carbocycles. The summed E-state index contributed by atoms with van der Waals surface area (Å²) in [6, 6.07) is 10.2. The fourth-order valence-electron chi connectivity index (χ4n) is 2.93. The lowest BCUT2D eigenvalue weighted by atomic mass is 10.0. The number of nitrogens with two attached hydrogens (primary N) is 1. The predicted molar refractivity (Wildman–Crippen MR) is 102 cm³/mol. The summed E-state index contributed by atoms with van der Waals surface area (Å²) in [6.07, 6.45) is 0. The van der Waals surface area contributed by atoms with E-state index in [1.165, 1.54) is 18.9 Å². The number of aryl methyl sites for hydroxylation is 1. The van der Waals surface area contributed by atoms with Gasteiger partial charge in [0.15, 0.2) is 11.5 Å². The molecule has 0 unspecified atom stereocenters. The molecule has 0 saturated carbocycles. The summed E-state index contributed by atoms with van der Waals surface area (Å²) in [4.78, 5) is 12.5. The standard InChI is InChI=1S/C18H19N3O5S/c1-21-18(22)14-9-16(26-3)15(25-2)8-13(14)17(20-21)12-6-4-5-11(7-12)10-27(19,23)24/h4-9H,10H2,1-3H3,(H2,19,23,24). The molecule has 0 amide bonds. The number of ether oxygens (including phenoxy) is 2. The van der Waals surface area contributed by atoms with Crippen LogP contribution in [0.1, 0.15) is 5.56 Å². The highest BCUT2D eigenvalue weighted by atomic mass is 32.2. The molecule has 27 heavy (non-hydrogen) atoms. The summed E-state index contributed by atoms with van der Waals surface area (Å²) in [5.74, 6) is 0.603. The number of fused-ring (bicyclic) bond motifs is 1. The van der Waals surface area contributed by atoms with Crippen molar-refractivity contribution < 1.29 is 17.9 Å². The molecule has 0 aliphatic rings. The zero-order chi connectivity index (χ0) is 19.8. The molecule has 1 heterocycles. The molecule has 8 nitrogen and oxygen atoms in total. The minimum atomic E-state index is -3.67. The quantitative estimate of drug-likeness (QED) is 0.706. The van der Waals surface area contributed by atoms with Gasteiger partial charge in [-0.1, -0.05) is 18.2 Å². The summed E-state index contributed by atoms with van der Waals surface area (Å²) in [6.45, 7) is 0. The fraction of sp³-hybridized carbons (Fsp3) is 0.222. The van der Waals surface area contributed by atoms with Crippen molar-refractivity contribution in [3.8, 4) is 22.8 Å². The number of hydrogen-bond donors (Lipinski definition) is 1. The molecule has 142 valence electrons. The van der Waals surface area contributed by atoms with Gasteiger partial charge >= 0.3 is 0 Å². The van der Waals surface area contributed by atoms with Crippen LogP contribution in [0.5, 0.6) is 11.5 Å². The SMILES string of the molecule is COc1cc2c(-c3cccc(CS(N)(=O)=O)c3)nn(C)c(=O)c2cc1OC. The number of aromatic nitrogens is 2. The summed E-state index contributed by atoms with van der Waals surface area (Å²) in [7, 11) is 0.884. The second-order valence-electron chi connectivity index (χ2n) is 6.04. The van der Waals surface area contributed by atoms with E-state index in [1.54, 1.807) is 43.4 Å². The molecule has 0 fully saturated rings. The van der Waals surface area contributed by atoms with Crippen LogP contribution < -0.4 is 20.2 Å². The third kappa shape index (κ3) is 3.79. The highest BCUT2D eigenvalue weighted by molar-refractivity contribution is 7.88. The molecule has 0 bridgehead atoms. The number of nitrogens with zero attached hydrogens (tertiary/aromatic N) is 2. The lowest BCUT2D eigenvalue weighted by Crippen LogP contribution is -2.20. The van der Waals surface area contributed by atoms with Crippen molar-refractivity contribution in [2.45, 2.75) is 5.75 Å². The van der Waals surface area contributed by atoms with E-state index in [0.717, 1.165) is 0 Å². The third-order valence-electron chi connectivity index (χ3n) is 4.12. The summed E-state index contributed by atoms with van der Waals surface area (Å²) >= 11 is 0. The molecular formula is C18H19N3O5S. The van der Waals surface area contributed by atoms with Crippen molar-refractivity contribution in [1.82, 2.24) is 9.78 Å². The number of hydrogen-bond acceptors (Lipinski definition) is 6. The van der Waals surface area contributed by atoms with E-state index in [2.05, 4.69) is 5.10 Å². The minimum Gasteiger partial charge on any atom is -0.493 e. The van der Waals surface area contributed by atoms with Gasteiger partial charge in [0, 0.05) is 18.0 Å². The molecule has 3 rings (SSSR count). The van der Waals surface area contributed by atoms with Crippen LogP contribution in [0, 0.1) is 0 Å². The Morgan fingerprint density at radius 1 is 1.07 bits per heavy atom. The van der Waals surface area contributed by atoms with Crippen LogP contribution in [0.2, 0.25) is 0 Å². The number of sulfonamides is 1. The van der Waals surface area contributed by atoms with E-state index in [4.69, 9.17) is 14.6 Å². The van der Waals surface area contributed by atoms with Crippen molar-refractivity contribution >= 4 is 20.8 Å². The van der Waals surface area contributed by atoms with Crippen molar-refractivity contribution in [3.63, 3.8) is 0 Å². The number of benzene rings is 2. The van der Waals surface area contributed by atoms with Gasteiger partial charge in [-0.2, -0.15) is 5.10 Å². The zero-order valence-corrected chi connectivity index (χ0v) is 15.9. The summed E-state index contributed by atoms with van der Waals surface area (Å²) in [5, 5.41) is 10.5. The first-order chi connectivity index (χ1) is 12.7. The second kappa shape index (κ2) is 7.01. The summed E-state index contributed by atoms with van der Waals surface area (Å²) in [5.41, 5.74) is 1.42. The van der Waals surface area contributed by atoms with Crippen LogP contribution in [0.25, 0.3) is 22.0 Å². The van der Waals surface area contributed by atoms with Crippen molar-refractivity contribution in [3.05, 3.63) is 52.3 Å². The maximum Gasteiger partial charge on any atom is 0.274 e. The molecule has 1 aromatic heterocycles. The molecular weight excluding hydrogens is 370 g/mol. The maximum atomic E-state index is 12.5. The first-order valence-corrected chi connectivity index (χ1v) is 9.68. The van der Waals surface area contributed by atoms with E-state index < -0.39 is 10.0 Å². The number of methoxy groups -OCH3 is 2. The summed E-state index contributed by atoms with van der Waals surface area (Å²) < 4.78 is 34.7. The van der Waals surface area contributed by atoms with Crippen molar-refractivity contribution in [2.24, 2.45) is 12.2 Å². The predicted octanol–water partition coefficient (Wildman–Crippen LogP) is 1.41. The van der Waals surface area contributed by atoms with Gasteiger partial charge in [0.05, 0.1) is 31.1 Å². The average Bonchev–Trinajstić information content (AvgIpc) is 2.62. The van der Waals surface area contributed by atoms with Crippen LogP contribution in [-0.4, -0.2) is 32.4 Å². The number of primary sulfonamides is 1. The smallest absolute Gasteiger partial charge is 0.274 e. The van der Waals surface area contributed by atoms with Crippen LogP contribution in [0.3, 0.4) is 0 Å². The van der Waals surface area contributed by atoms with E-state index in [1.807, 2.05) is 0 Å². The first-order valence-electron chi connectivity index (χ1n) is 7.96. The van der Waals surface area contributed by atoms with E-state index in [0.29, 0.717) is 39.1 Å². The Hall–Kier alpha value is -2.91. The normalized spacial score (nSPS) is 11.6. The van der Waals surface area contributed by atoms with Gasteiger partial charge in [0.2, 0.25) is 10.0 Å². The van der Waals surface area contributed by atoms with Gasteiger partial charge in [0.25, 0.3) is 5.56 Å². The molecule has 3 aromatic rings. The molecule has 0 atom stereocenters. The molecule has 0 saturated heterocycles. The Morgan fingerprint density at radius 3 is 2.30 bits per heavy atom. The van der Waals surface area contributed by atoms with Crippen LogP contribution in [0.15, 0.2) is 41.2 Å². The molecule has 2 aromatic carbocycles. The van der Waals surface area contributed by atoms with Gasteiger partial charge in [-0.25, -0.2) is 18.2 Å². The number of rotatable bonds is 5. The van der Waals surface area contributed by atoms with Crippen LogP contribution in [-0.2, 0) is 22.8 Å². The van der Waals surface area contributed by atoms with Gasteiger partial charge in [-0.15, -0.1) is 0 Å². The van der Waals surface area contributed by atoms with Crippen molar-refractivity contribution in [1.29, 1.82) is 0 Å². The van der Waals surface area contributed by atoms with Crippen molar-refractivity contribution in [2.75, 3.05) is 14.2 Å². The lowest BCUT2D eigenvalue weighted by molar-refractivity contribution is 0.356. The third-order valence-corrected chi connectivity index (χ3v) is 4.86. The molecule has 0 aliphatic heterocycles. The van der Waals surface area contributed by atoms with Gasteiger partial charge in [0.1, 0.15) is 0 Å². The maximum absolute atomic E-state index is 12.5. The molecule has 2 N–H and O–H groups in total. The largest absolute Gasteiger partial charge is 0.493 e. The Morgan fingerprint density at radius 2 is 1.70 bits per heavy atom. The van der Waals surface area contributed by atoms with E-state index in [-0.39, 0.29) is 11.3 Å².